The van der Waals surface area contributed by atoms with Crippen LogP contribution in [0, 0.1) is 5.92 Å². The minimum absolute atomic E-state index is 0.242. The van der Waals surface area contributed by atoms with Gasteiger partial charge in [0, 0.05) is 0 Å². The molecule has 0 bridgehead atoms. The van der Waals surface area contributed by atoms with Crippen molar-refractivity contribution in [2.75, 3.05) is 19.7 Å². The zero-order valence-corrected chi connectivity index (χ0v) is 13.0. The zero-order chi connectivity index (χ0) is 16.7. The average molecular weight is 321 g/mol. The van der Waals surface area contributed by atoms with Gasteiger partial charge in [0.2, 0.25) is 0 Å². The maximum Gasteiger partial charge on any atom is 0.335 e. The van der Waals surface area contributed by atoms with Crippen molar-refractivity contribution in [3.63, 3.8) is 0 Å². The van der Waals surface area contributed by atoms with Crippen LogP contribution in [0.2, 0.25) is 0 Å². The van der Waals surface area contributed by atoms with Gasteiger partial charge in [-0.05, 0) is 31.8 Å². The second-order valence-corrected chi connectivity index (χ2v) is 5.89. The topological polar surface area (TPSA) is 128 Å². The molecule has 8 nitrogen and oxygen atoms in total. The molecule has 0 aromatic heterocycles. The van der Waals surface area contributed by atoms with Crippen LogP contribution in [-0.2, 0) is 14.3 Å². The molecular weight excluding hydrogens is 294 g/mol. The molecule has 1 aliphatic heterocycles. The summed E-state index contributed by atoms with van der Waals surface area (Å²) < 4.78 is 10.3. The smallest absolute Gasteiger partial charge is 0.335 e. The summed E-state index contributed by atoms with van der Waals surface area (Å²) in [6, 6.07) is 0. The van der Waals surface area contributed by atoms with Crippen LogP contribution in [0.5, 0.6) is 0 Å². The van der Waals surface area contributed by atoms with Gasteiger partial charge in [-0.2, -0.15) is 0 Å². The highest BCUT2D eigenvalue weighted by Crippen LogP contribution is 2.22. The molecule has 0 saturated carbocycles. The van der Waals surface area contributed by atoms with Crippen LogP contribution in [0.4, 0.5) is 0 Å². The van der Waals surface area contributed by atoms with Crippen LogP contribution < -0.4 is 5.32 Å². The molecule has 1 saturated heterocycles. The van der Waals surface area contributed by atoms with E-state index in [2.05, 4.69) is 19.2 Å². The fourth-order valence-electron chi connectivity index (χ4n) is 2.10. The number of carboxylic acid groups (broad SMARTS) is 1. The van der Waals surface area contributed by atoms with Crippen molar-refractivity contribution in [3.8, 4) is 0 Å². The van der Waals surface area contributed by atoms with E-state index in [0.717, 1.165) is 19.5 Å². The number of nitrogens with one attached hydrogen (secondary N) is 1. The summed E-state index contributed by atoms with van der Waals surface area (Å²) in [6.07, 6.45) is -5.95. The van der Waals surface area contributed by atoms with Crippen LogP contribution in [0.3, 0.4) is 0 Å². The lowest BCUT2D eigenvalue weighted by molar-refractivity contribution is -0.294. The molecule has 5 atom stereocenters. The van der Waals surface area contributed by atoms with Gasteiger partial charge in [-0.1, -0.05) is 13.8 Å². The van der Waals surface area contributed by atoms with Gasteiger partial charge in [-0.3, -0.25) is 0 Å². The Hall–Kier alpha value is -0.770. The normalized spacial score (nSPS) is 32.4. The van der Waals surface area contributed by atoms with E-state index in [0.29, 0.717) is 12.3 Å². The monoisotopic (exact) mass is 321 g/mol. The fraction of sp³-hybridized carbons (Fsp3) is 0.929. The number of rotatable bonds is 9. The molecule has 0 aromatic carbocycles. The first-order valence-electron chi connectivity index (χ1n) is 7.59. The molecule has 1 fully saturated rings. The standard InChI is InChI=1S/C14H27NO7/c1-8(2)4-6-15-5-3-7-21-14-11(18)9(16)10(17)12(22-14)13(19)20/h8-12,14-18H,3-7H2,1-2H3,(H,19,20). The third-order valence-electron chi connectivity index (χ3n) is 3.49. The highest BCUT2D eigenvalue weighted by molar-refractivity contribution is 5.73. The molecule has 0 aliphatic carbocycles. The maximum absolute atomic E-state index is 10.9. The summed E-state index contributed by atoms with van der Waals surface area (Å²) in [5.41, 5.74) is 0. The second kappa shape index (κ2) is 9.39. The lowest BCUT2D eigenvalue weighted by Gasteiger charge is -2.38. The van der Waals surface area contributed by atoms with Gasteiger partial charge in [-0.25, -0.2) is 4.79 Å². The fourth-order valence-corrected chi connectivity index (χ4v) is 2.10. The van der Waals surface area contributed by atoms with Crippen molar-refractivity contribution in [1.29, 1.82) is 0 Å². The Labute approximate surface area is 130 Å². The van der Waals surface area contributed by atoms with E-state index >= 15 is 0 Å². The first-order chi connectivity index (χ1) is 10.3. The third kappa shape index (κ3) is 5.79. The van der Waals surface area contributed by atoms with E-state index in [4.69, 9.17) is 14.6 Å². The molecule has 1 aliphatic rings. The largest absolute Gasteiger partial charge is 0.479 e. The summed E-state index contributed by atoms with van der Waals surface area (Å²) in [5, 5.41) is 41.0. The van der Waals surface area contributed by atoms with Gasteiger partial charge in [0.25, 0.3) is 0 Å². The van der Waals surface area contributed by atoms with Crippen LogP contribution >= 0.6 is 0 Å². The zero-order valence-electron chi connectivity index (χ0n) is 13.0. The molecule has 0 spiro atoms. The summed E-state index contributed by atoms with van der Waals surface area (Å²) >= 11 is 0. The first-order valence-corrected chi connectivity index (χ1v) is 7.59. The van der Waals surface area contributed by atoms with Gasteiger partial charge in [-0.15, -0.1) is 0 Å². The highest BCUT2D eigenvalue weighted by atomic mass is 16.7. The molecule has 0 aromatic rings. The summed E-state index contributed by atoms with van der Waals surface area (Å²) in [5.74, 6) is -0.780. The summed E-state index contributed by atoms with van der Waals surface area (Å²) in [6.45, 7) is 6.16. The number of ether oxygens (including phenoxy) is 2. The molecule has 8 heteroatoms. The second-order valence-electron chi connectivity index (χ2n) is 5.89. The third-order valence-corrected chi connectivity index (χ3v) is 3.49. The number of aliphatic hydroxyl groups excluding tert-OH is 3. The van der Waals surface area contributed by atoms with Crippen LogP contribution in [0.25, 0.3) is 0 Å². The minimum Gasteiger partial charge on any atom is -0.479 e. The molecule has 0 radical (unpaired) electrons. The number of aliphatic carboxylic acids is 1. The highest BCUT2D eigenvalue weighted by Gasteiger charge is 2.47. The van der Waals surface area contributed by atoms with Crippen LogP contribution in [0.1, 0.15) is 26.7 Å². The van der Waals surface area contributed by atoms with E-state index in [1.807, 2.05) is 0 Å². The molecule has 1 heterocycles. The quantitative estimate of drug-likeness (QED) is 0.339. The van der Waals surface area contributed by atoms with Crippen molar-refractivity contribution < 1.29 is 34.7 Å². The Balaban J connectivity index is 2.28. The number of hydrogen-bond donors (Lipinski definition) is 5. The van der Waals surface area contributed by atoms with Gasteiger partial charge < -0.3 is 35.2 Å². The number of carbonyl (C=O) groups is 1. The van der Waals surface area contributed by atoms with Crippen LogP contribution in [-0.4, -0.2) is 76.8 Å². The predicted octanol–water partition coefficient (Wildman–Crippen LogP) is -1.08. The number of hydrogen-bond acceptors (Lipinski definition) is 7. The molecule has 0 amide bonds. The molecule has 22 heavy (non-hydrogen) atoms. The molecule has 130 valence electrons. The average Bonchev–Trinajstić information content (AvgIpc) is 2.45. The molecule has 5 N–H and O–H groups in total. The number of carboxylic acids is 1. The van der Waals surface area contributed by atoms with Crippen molar-refractivity contribution in [1.82, 2.24) is 5.32 Å². The van der Waals surface area contributed by atoms with Gasteiger partial charge in [0.15, 0.2) is 12.4 Å². The van der Waals surface area contributed by atoms with Crippen molar-refractivity contribution in [3.05, 3.63) is 0 Å². The van der Waals surface area contributed by atoms with Gasteiger partial charge in [0.05, 0.1) is 6.61 Å². The Morgan fingerprint density at radius 1 is 1.18 bits per heavy atom. The minimum atomic E-state index is -1.69. The maximum atomic E-state index is 10.9. The molecule has 1 rings (SSSR count). The van der Waals surface area contributed by atoms with Crippen molar-refractivity contribution in [2.45, 2.75) is 57.4 Å². The van der Waals surface area contributed by atoms with E-state index in [1.54, 1.807) is 0 Å². The molecule has 5 unspecified atom stereocenters. The SMILES string of the molecule is CC(C)CCNCCCOC1OC(C(=O)O)C(O)C(O)C1O. The Bertz CT molecular complexity index is 339. The van der Waals surface area contributed by atoms with Gasteiger partial charge in [0.1, 0.15) is 18.3 Å². The van der Waals surface area contributed by atoms with E-state index in [1.165, 1.54) is 0 Å². The lowest BCUT2D eigenvalue weighted by atomic mass is 9.99. The number of aliphatic hydroxyl groups is 3. The lowest BCUT2D eigenvalue weighted by Crippen LogP contribution is -2.60. The van der Waals surface area contributed by atoms with Crippen molar-refractivity contribution >= 4 is 5.97 Å². The van der Waals surface area contributed by atoms with Gasteiger partial charge >= 0.3 is 5.97 Å². The first kappa shape index (κ1) is 19.3. The van der Waals surface area contributed by atoms with Crippen molar-refractivity contribution in [2.24, 2.45) is 5.92 Å². The Kier molecular flexibility index (Phi) is 8.23. The van der Waals surface area contributed by atoms with Crippen LogP contribution in [0.15, 0.2) is 0 Å². The summed E-state index contributed by atoms with van der Waals surface area (Å²) in [4.78, 5) is 10.9. The molecular formula is C14H27NO7. The van der Waals surface area contributed by atoms with E-state index in [-0.39, 0.29) is 6.61 Å². The van der Waals surface area contributed by atoms with E-state index < -0.39 is 36.7 Å². The van der Waals surface area contributed by atoms with E-state index in [9.17, 15) is 20.1 Å². The predicted molar refractivity (Wildman–Crippen MR) is 77.2 cm³/mol. The Morgan fingerprint density at radius 3 is 2.45 bits per heavy atom. The Morgan fingerprint density at radius 2 is 1.86 bits per heavy atom. The summed E-state index contributed by atoms with van der Waals surface area (Å²) in [7, 11) is 0.